The first-order valence-electron chi connectivity index (χ1n) is 8.30. The number of hydrogen-bond donors (Lipinski definition) is 2. The molecule has 2 N–H and O–H groups in total. The van der Waals surface area contributed by atoms with Crippen molar-refractivity contribution in [1.82, 2.24) is 14.9 Å². The van der Waals surface area contributed by atoms with Crippen LogP contribution in [0.2, 0.25) is 0 Å². The lowest BCUT2D eigenvalue weighted by Gasteiger charge is -2.27. The minimum Gasteiger partial charge on any atom is -0.481 e. The van der Waals surface area contributed by atoms with Gasteiger partial charge in [-0.05, 0) is 37.8 Å². The number of rotatable bonds is 4. The summed E-state index contributed by atoms with van der Waals surface area (Å²) in [6.07, 6.45) is -2.78. The van der Waals surface area contributed by atoms with Crippen molar-refractivity contribution in [3.63, 3.8) is 0 Å². The summed E-state index contributed by atoms with van der Waals surface area (Å²) in [4.78, 5) is 26.8. The van der Waals surface area contributed by atoms with E-state index in [0.717, 1.165) is 4.57 Å². The van der Waals surface area contributed by atoms with Gasteiger partial charge in [-0.2, -0.15) is 13.2 Å². The molecule has 1 saturated carbocycles. The van der Waals surface area contributed by atoms with Gasteiger partial charge in [-0.1, -0.05) is 12.1 Å². The monoisotopic (exact) mass is 369 g/mol. The number of hydrogen-bond acceptors (Lipinski definition) is 3. The number of carbonyl (C=O) groups excluding carboxylic acids is 1. The molecule has 0 aliphatic heterocycles. The third kappa shape index (κ3) is 3.81. The first-order valence-corrected chi connectivity index (χ1v) is 8.30. The molecule has 0 bridgehead atoms. The van der Waals surface area contributed by atoms with Gasteiger partial charge in [0.1, 0.15) is 6.54 Å². The van der Waals surface area contributed by atoms with Gasteiger partial charge in [0, 0.05) is 6.04 Å². The minimum atomic E-state index is -4.67. The molecule has 1 aromatic carbocycles. The third-order valence-electron chi connectivity index (χ3n) is 4.65. The number of carboxylic acids is 1. The van der Waals surface area contributed by atoms with Gasteiger partial charge in [0.05, 0.1) is 17.0 Å². The fourth-order valence-electron chi connectivity index (χ4n) is 3.35. The van der Waals surface area contributed by atoms with Gasteiger partial charge in [-0.3, -0.25) is 9.59 Å². The molecule has 9 heteroatoms. The molecule has 140 valence electrons. The van der Waals surface area contributed by atoms with Crippen LogP contribution in [0.1, 0.15) is 31.5 Å². The summed E-state index contributed by atoms with van der Waals surface area (Å²) in [7, 11) is 0. The molecule has 0 unspecified atom stereocenters. The van der Waals surface area contributed by atoms with E-state index in [1.165, 1.54) is 12.1 Å². The number of fused-ring (bicyclic) bond motifs is 1. The highest BCUT2D eigenvalue weighted by Gasteiger charge is 2.38. The van der Waals surface area contributed by atoms with Crippen LogP contribution in [0.25, 0.3) is 11.0 Å². The van der Waals surface area contributed by atoms with E-state index in [2.05, 4.69) is 10.3 Å². The fourth-order valence-corrected chi connectivity index (χ4v) is 3.35. The summed E-state index contributed by atoms with van der Waals surface area (Å²) >= 11 is 0. The van der Waals surface area contributed by atoms with Gasteiger partial charge < -0.3 is 15.0 Å². The number of nitrogens with one attached hydrogen (secondary N) is 1. The van der Waals surface area contributed by atoms with E-state index in [1.54, 1.807) is 12.1 Å². The van der Waals surface area contributed by atoms with Crippen LogP contribution >= 0.6 is 0 Å². The Balaban J connectivity index is 1.73. The second-order valence-corrected chi connectivity index (χ2v) is 6.46. The van der Waals surface area contributed by atoms with Crippen LogP contribution in [-0.4, -0.2) is 32.6 Å². The zero-order valence-corrected chi connectivity index (χ0v) is 13.8. The van der Waals surface area contributed by atoms with E-state index in [-0.39, 0.29) is 17.1 Å². The first-order chi connectivity index (χ1) is 12.3. The molecule has 6 nitrogen and oxygen atoms in total. The topological polar surface area (TPSA) is 84.2 Å². The Kier molecular flexibility index (Phi) is 4.88. The molecule has 1 amide bonds. The zero-order valence-electron chi connectivity index (χ0n) is 13.8. The molecule has 0 atom stereocenters. The number of nitrogens with zero attached hydrogens (tertiary/aromatic N) is 2. The Morgan fingerprint density at radius 2 is 1.85 bits per heavy atom. The smallest absolute Gasteiger partial charge is 0.449 e. The maximum Gasteiger partial charge on any atom is 0.449 e. The average Bonchev–Trinajstić information content (AvgIpc) is 2.94. The fraction of sp³-hybridized carbons (Fsp3) is 0.471. The van der Waals surface area contributed by atoms with Crippen LogP contribution in [0.4, 0.5) is 13.2 Å². The lowest BCUT2D eigenvalue weighted by molar-refractivity contribution is -0.147. The van der Waals surface area contributed by atoms with E-state index >= 15 is 0 Å². The number of amides is 1. The van der Waals surface area contributed by atoms with Crippen LogP contribution < -0.4 is 5.32 Å². The summed E-state index contributed by atoms with van der Waals surface area (Å²) < 4.78 is 40.6. The zero-order chi connectivity index (χ0) is 18.9. The molecular formula is C17H18F3N3O3. The number of carbonyl (C=O) groups is 2. The Morgan fingerprint density at radius 1 is 1.19 bits per heavy atom. The van der Waals surface area contributed by atoms with Crippen LogP contribution in [0.5, 0.6) is 0 Å². The highest BCUT2D eigenvalue weighted by molar-refractivity contribution is 5.81. The molecule has 26 heavy (non-hydrogen) atoms. The van der Waals surface area contributed by atoms with E-state index < -0.39 is 36.3 Å². The quantitative estimate of drug-likeness (QED) is 0.868. The van der Waals surface area contributed by atoms with Gasteiger partial charge in [-0.15, -0.1) is 0 Å². The van der Waals surface area contributed by atoms with Crippen molar-refractivity contribution in [2.45, 2.75) is 44.4 Å². The highest BCUT2D eigenvalue weighted by atomic mass is 19.4. The summed E-state index contributed by atoms with van der Waals surface area (Å²) in [6.45, 7) is -0.492. The van der Waals surface area contributed by atoms with Gasteiger partial charge in [0.15, 0.2) is 0 Å². The van der Waals surface area contributed by atoms with Crippen molar-refractivity contribution in [2.24, 2.45) is 5.92 Å². The number of halogens is 3. The van der Waals surface area contributed by atoms with Gasteiger partial charge in [-0.25, -0.2) is 4.98 Å². The summed E-state index contributed by atoms with van der Waals surface area (Å²) in [5.74, 6) is -2.92. The average molecular weight is 369 g/mol. The standard InChI is InChI=1S/C17H18F3N3O3/c18-17(19,20)16-22-12-3-1-2-4-13(12)23(16)9-14(24)21-11-7-5-10(6-8-11)15(25)26/h1-4,10-11H,5-9H2,(H,21,24)(H,25,26). The highest BCUT2D eigenvalue weighted by Crippen LogP contribution is 2.31. The Hall–Kier alpha value is -2.58. The molecule has 3 rings (SSSR count). The van der Waals surface area contributed by atoms with Crippen molar-refractivity contribution >= 4 is 22.9 Å². The van der Waals surface area contributed by atoms with Gasteiger partial charge in [0.25, 0.3) is 0 Å². The number of aliphatic carboxylic acids is 1. The van der Waals surface area contributed by atoms with Gasteiger partial charge >= 0.3 is 12.1 Å². The normalized spacial score (nSPS) is 20.9. The minimum absolute atomic E-state index is 0.176. The number of para-hydroxylation sites is 2. The van der Waals surface area contributed by atoms with Crippen LogP contribution in [0, 0.1) is 5.92 Å². The number of benzene rings is 1. The first kappa shape index (κ1) is 18.2. The second-order valence-electron chi connectivity index (χ2n) is 6.46. The maximum atomic E-state index is 13.2. The Bertz CT molecular complexity index is 824. The van der Waals surface area contributed by atoms with E-state index in [9.17, 15) is 22.8 Å². The molecule has 1 heterocycles. The number of imidazole rings is 1. The lowest BCUT2D eigenvalue weighted by Crippen LogP contribution is -2.40. The summed E-state index contributed by atoms with van der Waals surface area (Å²) in [6, 6.07) is 5.91. The molecule has 1 aliphatic rings. The number of carboxylic acid groups (broad SMARTS) is 1. The predicted octanol–water partition coefficient (Wildman–Crippen LogP) is 2.81. The summed E-state index contributed by atoms with van der Waals surface area (Å²) in [5.41, 5.74) is 0.416. The Labute approximate surface area is 147 Å². The van der Waals surface area contributed by atoms with Crippen molar-refractivity contribution in [3.8, 4) is 0 Å². The predicted molar refractivity (Wildman–Crippen MR) is 86.3 cm³/mol. The summed E-state index contributed by atoms with van der Waals surface area (Å²) in [5, 5.41) is 11.7. The van der Waals surface area contributed by atoms with E-state index in [0.29, 0.717) is 25.7 Å². The lowest BCUT2D eigenvalue weighted by atomic mass is 9.86. The molecule has 1 aliphatic carbocycles. The molecule has 0 saturated heterocycles. The SMILES string of the molecule is O=C(Cn1c(C(F)(F)F)nc2ccccc21)NC1CCC(C(=O)O)CC1. The molecule has 0 radical (unpaired) electrons. The van der Waals surface area contributed by atoms with E-state index in [1.807, 2.05) is 0 Å². The van der Waals surface area contributed by atoms with Gasteiger partial charge in [0.2, 0.25) is 11.7 Å². The Morgan fingerprint density at radius 3 is 2.46 bits per heavy atom. The van der Waals surface area contributed by atoms with Crippen molar-refractivity contribution in [3.05, 3.63) is 30.1 Å². The van der Waals surface area contributed by atoms with Crippen LogP contribution in [0.15, 0.2) is 24.3 Å². The molecule has 2 aromatic rings. The molecule has 1 aromatic heterocycles. The maximum absolute atomic E-state index is 13.2. The van der Waals surface area contributed by atoms with Crippen LogP contribution in [-0.2, 0) is 22.3 Å². The van der Waals surface area contributed by atoms with Crippen molar-refractivity contribution in [2.75, 3.05) is 0 Å². The number of aromatic nitrogens is 2. The molecule has 1 fully saturated rings. The van der Waals surface area contributed by atoms with Crippen molar-refractivity contribution < 1.29 is 27.9 Å². The third-order valence-corrected chi connectivity index (χ3v) is 4.65. The second kappa shape index (κ2) is 6.97. The van der Waals surface area contributed by atoms with Crippen LogP contribution in [0.3, 0.4) is 0 Å². The molecular weight excluding hydrogens is 351 g/mol. The number of alkyl halides is 3. The molecule has 0 spiro atoms. The van der Waals surface area contributed by atoms with Crippen molar-refractivity contribution in [1.29, 1.82) is 0 Å². The largest absolute Gasteiger partial charge is 0.481 e. The van der Waals surface area contributed by atoms with E-state index in [4.69, 9.17) is 5.11 Å².